The van der Waals surface area contributed by atoms with Gasteiger partial charge in [0.2, 0.25) is 0 Å². The van der Waals surface area contributed by atoms with Gasteiger partial charge in [0.05, 0.1) is 18.9 Å². The van der Waals surface area contributed by atoms with Crippen molar-refractivity contribution in [3.8, 4) is 11.5 Å². The molecule has 0 aliphatic carbocycles. The molecule has 7 nitrogen and oxygen atoms in total. The fourth-order valence-corrected chi connectivity index (χ4v) is 3.98. The minimum absolute atomic E-state index is 0.0545. The Morgan fingerprint density at radius 1 is 0.974 bits per heavy atom. The maximum absolute atomic E-state index is 12.4. The van der Waals surface area contributed by atoms with Crippen LogP contribution in [-0.2, 0) is 27.4 Å². The summed E-state index contributed by atoms with van der Waals surface area (Å²) < 4.78 is 52.2. The standard InChI is InChI=1S/C29H29F3N2O5/c1-21-17-24(9-12-27(21)37-20-28(35)34-13-15-36-16-14-34)26(18-22-5-3-2-4-6-22)33-38-19-23-7-10-25(11-8-23)39-29(30,31)32/h2-12,17H,13-16,18-20H2,1H3/b33-26-. The minimum atomic E-state index is -4.74. The van der Waals surface area contributed by atoms with Crippen LogP contribution in [0.5, 0.6) is 11.5 Å². The van der Waals surface area contributed by atoms with Gasteiger partial charge < -0.3 is 23.9 Å². The fourth-order valence-electron chi connectivity index (χ4n) is 3.98. The van der Waals surface area contributed by atoms with Crippen LogP contribution in [0.2, 0.25) is 0 Å². The molecule has 4 rings (SSSR count). The van der Waals surface area contributed by atoms with Crippen molar-refractivity contribution in [1.82, 2.24) is 4.90 Å². The lowest BCUT2D eigenvalue weighted by Gasteiger charge is -2.26. The van der Waals surface area contributed by atoms with Gasteiger partial charge in [-0.25, -0.2) is 0 Å². The van der Waals surface area contributed by atoms with E-state index >= 15 is 0 Å². The molecule has 1 saturated heterocycles. The average Bonchev–Trinajstić information content (AvgIpc) is 2.93. The summed E-state index contributed by atoms with van der Waals surface area (Å²) in [5.74, 6) is 0.213. The third-order valence-electron chi connectivity index (χ3n) is 6.00. The van der Waals surface area contributed by atoms with E-state index in [1.807, 2.05) is 49.4 Å². The van der Waals surface area contributed by atoms with Crippen molar-refractivity contribution in [2.24, 2.45) is 5.16 Å². The number of carbonyl (C=O) groups is 1. The van der Waals surface area contributed by atoms with E-state index in [0.717, 1.165) is 16.7 Å². The molecule has 1 heterocycles. The summed E-state index contributed by atoms with van der Waals surface area (Å²) in [6.45, 7) is 4.08. The van der Waals surface area contributed by atoms with E-state index in [4.69, 9.17) is 14.3 Å². The predicted octanol–water partition coefficient (Wildman–Crippen LogP) is 5.29. The first-order valence-electron chi connectivity index (χ1n) is 12.4. The highest BCUT2D eigenvalue weighted by molar-refractivity contribution is 6.01. The Kier molecular flexibility index (Phi) is 9.43. The second kappa shape index (κ2) is 13.1. The molecule has 3 aromatic carbocycles. The summed E-state index contributed by atoms with van der Waals surface area (Å²) in [6, 6.07) is 20.8. The van der Waals surface area contributed by atoms with Gasteiger partial charge >= 0.3 is 6.36 Å². The Morgan fingerprint density at radius 2 is 1.69 bits per heavy atom. The Balaban J connectivity index is 1.43. The molecule has 1 amide bonds. The average molecular weight is 543 g/mol. The van der Waals surface area contributed by atoms with E-state index in [9.17, 15) is 18.0 Å². The number of morpholine rings is 1. The maximum Gasteiger partial charge on any atom is 0.573 e. The van der Waals surface area contributed by atoms with Crippen LogP contribution >= 0.6 is 0 Å². The smallest absolute Gasteiger partial charge is 0.483 e. The highest BCUT2D eigenvalue weighted by Gasteiger charge is 2.31. The van der Waals surface area contributed by atoms with Crippen molar-refractivity contribution in [2.75, 3.05) is 32.9 Å². The second-order valence-electron chi connectivity index (χ2n) is 8.93. The van der Waals surface area contributed by atoms with Gasteiger partial charge in [-0.3, -0.25) is 4.79 Å². The molecule has 1 aliphatic rings. The number of nitrogens with zero attached hydrogens (tertiary/aromatic N) is 2. The summed E-state index contributed by atoms with van der Waals surface area (Å²) >= 11 is 0. The molecule has 0 atom stereocenters. The topological polar surface area (TPSA) is 69.6 Å². The van der Waals surface area contributed by atoms with Gasteiger partial charge in [0.1, 0.15) is 18.1 Å². The van der Waals surface area contributed by atoms with Crippen LogP contribution in [0.4, 0.5) is 13.2 Å². The number of hydrogen-bond donors (Lipinski definition) is 0. The van der Waals surface area contributed by atoms with Crippen molar-refractivity contribution >= 4 is 11.6 Å². The molecule has 0 N–H and O–H groups in total. The molecule has 0 saturated carbocycles. The van der Waals surface area contributed by atoms with Crippen LogP contribution < -0.4 is 9.47 Å². The van der Waals surface area contributed by atoms with Crippen LogP contribution in [0.1, 0.15) is 22.3 Å². The van der Waals surface area contributed by atoms with Crippen molar-refractivity contribution in [3.63, 3.8) is 0 Å². The number of oxime groups is 1. The molecule has 1 fully saturated rings. The zero-order chi connectivity index (χ0) is 27.7. The number of benzene rings is 3. The Hall–Kier alpha value is -4.05. The van der Waals surface area contributed by atoms with Gasteiger partial charge in [0.25, 0.3) is 5.91 Å². The maximum atomic E-state index is 12.4. The number of amides is 1. The lowest BCUT2D eigenvalue weighted by atomic mass is 10.0. The van der Waals surface area contributed by atoms with Gasteiger partial charge in [-0.1, -0.05) is 47.6 Å². The van der Waals surface area contributed by atoms with E-state index in [-0.39, 0.29) is 24.9 Å². The largest absolute Gasteiger partial charge is 0.573 e. The molecule has 39 heavy (non-hydrogen) atoms. The second-order valence-corrected chi connectivity index (χ2v) is 8.93. The first kappa shape index (κ1) is 28.0. The monoisotopic (exact) mass is 542 g/mol. The number of rotatable bonds is 10. The number of alkyl halides is 3. The van der Waals surface area contributed by atoms with Crippen LogP contribution in [0.15, 0.2) is 78.0 Å². The molecule has 0 unspecified atom stereocenters. The molecule has 0 aromatic heterocycles. The Morgan fingerprint density at radius 3 is 2.36 bits per heavy atom. The summed E-state index contributed by atoms with van der Waals surface area (Å²) in [6.07, 6.45) is -4.25. The summed E-state index contributed by atoms with van der Waals surface area (Å²) in [4.78, 5) is 19.8. The third kappa shape index (κ3) is 8.75. The molecule has 0 spiro atoms. The quantitative estimate of drug-likeness (QED) is 0.257. The molecule has 3 aromatic rings. The van der Waals surface area contributed by atoms with Crippen LogP contribution in [-0.4, -0.2) is 55.8 Å². The van der Waals surface area contributed by atoms with E-state index in [2.05, 4.69) is 9.89 Å². The SMILES string of the molecule is Cc1cc(/C(Cc2ccccc2)=N\OCc2ccc(OC(F)(F)F)cc2)ccc1OCC(=O)N1CCOCC1. The van der Waals surface area contributed by atoms with E-state index in [1.54, 1.807) is 11.0 Å². The molecular formula is C29H29F3N2O5. The molecular weight excluding hydrogens is 513 g/mol. The van der Waals surface area contributed by atoms with E-state index < -0.39 is 6.36 Å². The van der Waals surface area contributed by atoms with E-state index in [0.29, 0.717) is 49.7 Å². The number of carbonyl (C=O) groups excluding carboxylic acids is 1. The number of hydrogen-bond acceptors (Lipinski definition) is 6. The molecule has 0 radical (unpaired) electrons. The van der Waals surface area contributed by atoms with Crippen LogP contribution in [0, 0.1) is 6.92 Å². The first-order chi connectivity index (χ1) is 18.8. The minimum Gasteiger partial charge on any atom is -0.483 e. The van der Waals surface area contributed by atoms with Gasteiger partial charge in [0, 0.05) is 25.1 Å². The van der Waals surface area contributed by atoms with Crippen molar-refractivity contribution in [3.05, 3.63) is 95.1 Å². The fraction of sp³-hybridized carbons (Fsp3) is 0.310. The predicted molar refractivity (Wildman–Crippen MR) is 139 cm³/mol. The van der Waals surface area contributed by atoms with E-state index in [1.165, 1.54) is 24.3 Å². The Bertz CT molecular complexity index is 1260. The van der Waals surface area contributed by atoms with Gasteiger partial charge in [0.15, 0.2) is 6.61 Å². The van der Waals surface area contributed by atoms with Crippen LogP contribution in [0.25, 0.3) is 0 Å². The lowest BCUT2D eigenvalue weighted by Crippen LogP contribution is -2.43. The molecule has 10 heteroatoms. The molecule has 1 aliphatic heterocycles. The van der Waals surface area contributed by atoms with Crippen LogP contribution in [0.3, 0.4) is 0 Å². The zero-order valence-corrected chi connectivity index (χ0v) is 21.4. The number of halogens is 3. The summed E-state index contributed by atoms with van der Waals surface area (Å²) in [5, 5.41) is 4.36. The molecule has 206 valence electrons. The third-order valence-corrected chi connectivity index (χ3v) is 6.00. The van der Waals surface area contributed by atoms with Gasteiger partial charge in [-0.2, -0.15) is 0 Å². The highest BCUT2D eigenvalue weighted by atomic mass is 19.4. The first-order valence-corrected chi connectivity index (χ1v) is 12.4. The number of ether oxygens (including phenoxy) is 3. The van der Waals surface area contributed by atoms with Gasteiger partial charge in [-0.15, -0.1) is 13.2 Å². The normalized spacial score (nSPS) is 14.2. The summed E-state index contributed by atoms with van der Waals surface area (Å²) in [7, 11) is 0. The van der Waals surface area contributed by atoms with Crippen molar-refractivity contribution in [2.45, 2.75) is 26.3 Å². The highest BCUT2D eigenvalue weighted by Crippen LogP contribution is 2.24. The lowest BCUT2D eigenvalue weighted by molar-refractivity contribution is -0.274. The summed E-state index contributed by atoms with van der Waals surface area (Å²) in [5.41, 5.74) is 3.98. The zero-order valence-electron chi connectivity index (χ0n) is 21.4. The van der Waals surface area contributed by atoms with Crippen molar-refractivity contribution in [1.29, 1.82) is 0 Å². The van der Waals surface area contributed by atoms with Gasteiger partial charge in [-0.05, 0) is 53.9 Å². The number of aryl methyl sites for hydroxylation is 1. The Labute approximate surface area is 224 Å². The van der Waals surface area contributed by atoms with Crippen molar-refractivity contribution < 1.29 is 37.0 Å². The molecule has 0 bridgehead atoms.